The number of H-pyrrole nitrogens is 1. The van der Waals surface area contributed by atoms with Gasteiger partial charge in [0, 0.05) is 17.7 Å². The predicted octanol–water partition coefficient (Wildman–Crippen LogP) is 4.69. The minimum absolute atomic E-state index is 0.735. The van der Waals surface area contributed by atoms with Gasteiger partial charge in [-0.25, -0.2) is 4.98 Å². The Kier molecular flexibility index (Phi) is 3.40. The van der Waals surface area contributed by atoms with Gasteiger partial charge in [0.1, 0.15) is 5.82 Å². The highest BCUT2D eigenvalue weighted by molar-refractivity contribution is 7.07. The van der Waals surface area contributed by atoms with E-state index < -0.39 is 0 Å². The Morgan fingerprint density at radius 3 is 2.84 bits per heavy atom. The Morgan fingerprint density at radius 1 is 1.26 bits per heavy atom. The normalized spacial score (nSPS) is 10.8. The van der Waals surface area contributed by atoms with Crippen molar-refractivity contribution in [3.63, 3.8) is 0 Å². The van der Waals surface area contributed by atoms with Gasteiger partial charge >= 0.3 is 0 Å². The van der Waals surface area contributed by atoms with Crippen LogP contribution in [-0.4, -0.2) is 9.97 Å². The number of nitrogens with zero attached hydrogens (tertiary/aromatic N) is 1. The molecule has 0 aliphatic rings. The lowest BCUT2D eigenvalue weighted by Crippen LogP contribution is -1.88. The third kappa shape index (κ3) is 2.57. The predicted molar refractivity (Wildman–Crippen MR) is 80.9 cm³/mol. The first-order valence-corrected chi connectivity index (χ1v) is 7.37. The highest BCUT2D eigenvalue weighted by Gasteiger charge is 2.11. The van der Waals surface area contributed by atoms with Gasteiger partial charge in [-0.15, -0.1) is 0 Å². The average molecular weight is 289 g/mol. The standard InChI is InChI=1S/C15H13ClN2S/c1-10-15(12-4-2-3-5-13(12)16)18-14(17-10)8-11-6-7-19-9-11/h2-7,9H,8H2,1H3,(H,17,18). The van der Waals surface area contributed by atoms with Crippen LogP contribution in [0.1, 0.15) is 17.1 Å². The lowest BCUT2D eigenvalue weighted by atomic mass is 10.1. The average Bonchev–Trinajstić information content (AvgIpc) is 3.01. The quantitative estimate of drug-likeness (QED) is 0.744. The lowest BCUT2D eigenvalue weighted by Gasteiger charge is -2.00. The maximum absolute atomic E-state index is 6.23. The van der Waals surface area contributed by atoms with Crippen LogP contribution in [0, 0.1) is 6.92 Å². The molecule has 0 aliphatic carbocycles. The maximum atomic E-state index is 6.23. The topological polar surface area (TPSA) is 28.7 Å². The molecule has 3 aromatic rings. The van der Waals surface area contributed by atoms with Crippen molar-refractivity contribution < 1.29 is 0 Å². The summed E-state index contributed by atoms with van der Waals surface area (Å²) in [5.41, 5.74) is 4.26. The smallest absolute Gasteiger partial charge is 0.111 e. The summed E-state index contributed by atoms with van der Waals surface area (Å²) in [6.45, 7) is 2.03. The second kappa shape index (κ2) is 5.19. The van der Waals surface area contributed by atoms with E-state index in [1.54, 1.807) is 11.3 Å². The van der Waals surface area contributed by atoms with Crippen LogP contribution < -0.4 is 0 Å². The number of rotatable bonds is 3. The zero-order valence-corrected chi connectivity index (χ0v) is 12.1. The van der Waals surface area contributed by atoms with Gasteiger partial charge in [0.25, 0.3) is 0 Å². The molecular formula is C15H13ClN2S. The van der Waals surface area contributed by atoms with Crippen molar-refractivity contribution in [2.24, 2.45) is 0 Å². The van der Waals surface area contributed by atoms with E-state index in [4.69, 9.17) is 11.6 Å². The zero-order valence-electron chi connectivity index (χ0n) is 10.5. The van der Waals surface area contributed by atoms with Gasteiger partial charge in [0.05, 0.1) is 10.7 Å². The highest BCUT2D eigenvalue weighted by atomic mass is 35.5. The second-order valence-electron chi connectivity index (χ2n) is 4.45. The van der Waals surface area contributed by atoms with Crippen LogP contribution in [0.4, 0.5) is 0 Å². The Labute approximate surface area is 121 Å². The molecule has 0 fully saturated rings. The molecule has 0 radical (unpaired) electrons. The molecule has 0 saturated heterocycles. The Hall–Kier alpha value is -1.58. The molecule has 0 amide bonds. The number of aromatic amines is 1. The molecule has 0 spiro atoms. The van der Waals surface area contributed by atoms with Crippen LogP contribution in [0.5, 0.6) is 0 Å². The summed E-state index contributed by atoms with van der Waals surface area (Å²) in [5.74, 6) is 0.978. The van der Waals surface area contributed by atoms with Gasteiger partial charge in [-0.2, -0.15) is 11.3 Å². The van der Waals surface area contributed by atoms with Crippen LogP contribution in [0.15, 0.2) is 41.1 Å². The lowest BCUT2D eigenvalue weighted by molar-refractivity contribution is 1.02. The Balaban J connectivity index is 1.96. The van der Waals surface area contributed by atoms with Gasteiger partial charge in [0.15, 0.2) is 0 Å². The van der Waals surface area contributed by atoms with E-state index in [1.807, 2.05) is 31.2 Å². The third-order valence-corrected chi connectivity index (χ3v) is 4.08. The van der Waals surface area contributed by atoms with E-state index in [-0.39, 0.29) is 0 Å². The molecule has 19 heavy (non-hydrogen) atoms. The molecule has 96 valence electrons. The number of benzene rings is 1. The number of aryl methyl sites for hydroxylation is 1. The fourth-order valence-corrected chi connectivity index (χ4v) is 3.00. The Bertz CT molecular complexity index is 686. The van der Waals surface area contributed by atoms with Crippen LogP contribution in [0.2, 0.25) is 5.02 Å². The summed E-state index contributed by atoms with van der Waals surface area (Å²) in [5, 5.41) is 4.96. The molecule has 0 atom stereocenters. The Morgan fingerprint density at radius 2 is 2.11 bits per heavy atom. The van der Waals surface area contributed by atoms with Gasteiger partial charge < -0.3 is 4.98 Å². The number of nitrogens with one attached hydrogen (secondary N) is 1. The summed E-state index contributed by atoms with van der Waals surface area (Å²) in [4.78, 5) is 8.02. The van der Waals surface area contributed by atoms with Crippen LogP contribution in [0.25, 0.3) is 11.3 Å². The molecule has 2 heterocycles. The number of thiophene rings is 1. The van der Waals surface area contributed by atoms with Crippen LogP contribution >= 0.6 is 22.9 Å². The summed E-state index contributed by atoms with van der Waals surface area (Å²) in [7, 11) is 0. The molecule has 1 N–H and O–H groups in total. The molecule has 4 heteroatoms. The van der Waals surface area contributed by atoms with Crippen molar-refractivity contribution in [2.75, 3.05) is 0 Å². The molecule has 0 saturated carbocycles. The maximum Gasteiger partial charge on any atom is 0.111 e. The van der Waals surface area contributed by atoms with E-state index in [0.717, 1.165) is 34.2 Å². The van der Waals surface area contributed by atoms with Crippen molar-refractivity contribution in [1.82, 2.24) is 9.97 Å². The molecule has 1 aromatic carbocycles. The van der Waals surface area contributed by atoms with E-state index in [1.165, 1.54) is 5.56 Å². The molecule has 0 bridgehead atoms. The van der Waals surface area contributed by atoms with E-state index in [9.17, 15) is 0 Å². The minimum Gasteiger partial charge on any atom is -0.345 e. The van der Waals surface area contributed by atoms with Crippen molar-refractivity contribution >= 4 is 22.9 Å². The first kappa shape index (κ1) is 12.5. The van der Waals surface area contributed by atoms with Crippen molar-refractivity contribution in [2.45, 2.75) is 13.3 Å². The first-order valence-electron chi connectivity index (χ1n) is 6.05. The van der Waals surface area contributed by atoms with Crippen molar-refractivity contribution in [3.05, 3.63) is 63.2 Å². The molecule has 2 nitrogen and oxygen atoms in total. The van der Waals surface area contributed by atoms with E-state index in [0.29, 0.717) is 0 Å². The SMILES string of the molecule is Cc1[nH]c(Cc2ccsc2)nc1-c1ccccc1Cl. The first-order chi connectivity index (χ1) is 9.24. The molecular weight excluding hydrogens is 276 g/mol. The van der Waals surface area contributed by atoms with E-state index >= 15 is 0 Å². The third-order valence-electron chi connectivity index (χ3n) is 3.01. The largest absolute Gasteiger partial charge is 0.345 e. The number of hydrogen-bond acceptors (Lipinski definition) is 2. The van der Waals surface area contributed by atoms with E-state index in [2.05, 4.69) is 26.8 Å². The van der Waals surface area contributed by atoms with Gasteiger partial charge in [-0.1, -0.05) is 29.8 Å². The fraction of sp³-hybridized carbons (Fsp3) is 0.133. The summed E-state index contributed by atoms with van der Waals surface area (Å²) in [6, 6.07) is 9.93. The molecule has 0 unspecified atom stereocenters. The molecule has 2 aromatic heterocycles. The highest BCUT2D eigenvalue weighted by Crippen LogP contribution is 2.28. The second-order valence-corrected chi connectivity index (χ2v) is 5.63. The monoisotopic (exact) mass is 288 g/mol. The molecule has 3 rings (SSSR count). The van der Waals surface area contributed by atoms with Gasteiger partial charge in [-0.3, -0.25) is 0 Å². The fourth-order valence-electron chi connectivity index (χ4n) is 2.11. The van der Waals surface area contributed by atoms with Crippen molar-refractivity contribution in [3.8, 4) is 11.3 Å². The molecule has 0 aliphatic heterocycles. The van der Waals surface area contributed by atoms with Crippen LogP contribution in [-0.2, 0) is 6.42 Å². The van der Waals surface area contributed by atoms with Gasteiger partial charge in [0.2, 0.25) is 0 Å². The summed E-state index contributed by atoms with van der Waals surface area (Å²) in [6.07, 6.45) is 0.828. The van der Waals surface area contributed by atoms with Gasteiger partial charge in [-0.05, 0) is 35.4 Å². The summed E-state index contributed by atoms with van der Waals surface area (Å²) < 4.78 is 0. The number of hydrogen-bond donors (Lipinski definition) is 1. The zero-order chi connectivity index (χ0) is 13.2. The van der Waals surface area contributed by atoms with Crippen molar-refractivity contribution in [1.29, 1.82) is 0 Å². The number of imidazole rings is 1. The minimum atomic E-state index is 0.735. The number of aromatic nitrogens is 2. The van der Waals surface area contributed by atoms with Crippen LogP contribution in [0.3, 0.4) is 0 Å². The summed E-state index contributed by atoms with van der Waals surface area (Å²) >= 11 is 7.94. The number of halogens is 1.